The number of hydrogen-bond donors (Lipinski definition) is 1. The summed E-state index contributed by atoms with van der Waals surface area (Å²) < 4.78 is 5.93. The van der Waals surface area contributed by atoms with Crippen LogP contribution in [0.15, 0.2) is 54.6 Å². The second kappa shape index (κ2) is 8.28. The van der Waals surface area contributed by atoms with Crippen LogP contribution < -0.4 is 10.1 Å². The predicted molar refractivity (Wildman–Crippen MR) is 89.6 cm³/mol. The van der Waals surface area contributed by atoms with E-state index in [1.54, 1.807) is 0 Å². The summed E-state index contributed by atoms with van der Waals surface area (Å²) in [5, 5.41) is 3.16. The molecule has 0 saturated heterocycles. The number of ether oxygens (including phenoxy) is 1. The molecule has 0 aliphatic heterocycles. The number of para-hydroxylation sites is 1. The van der Waals surface area contributed by atoms with Crippen LogP contribution in [0.2, 0.25) is 0 Å². The zero-order valence-corrected chi connectivity index (χ0v) is 12.8. The number of likely N-dealkylation sites (N-methyl/N-ethyl adjacent to an activating group) is 1. The minimum Gasteiger partial charge on any atom is -0.488 e. The van der Waals surface area contributed by atoms with Crippen molar-refractivity contribution in [1.82, 2.24) is 5.32 Å². The molecule has 2 aromatic rings. The molecule has 21 heavy (non-hydrogen) atoms. The molecular formula is C19H23NO. The molecule has 0 heterocycles. The molecule has 0 fully saturated rings. The summed E-state index contributed by atoms with van der Waals surface area (Å²) in [5.74, 6) is 0.926. The van der Waals surface area contributed by atoms with Crippen LogP contribution in [-0.4, -0.2) is 13.6 Å². The van der Waals surface area contributed by atoms with Gasteiger partial charge in [0.1, 0.15) is 12.4 Å². The van der Waals surface area contributed by atoms with E-state index in [2.05, 4.69) is 41.7 Å². The Morgan fingerprint density at radius 2 is 1.71 bits per heavy atom. The molecular weight excluding hydrogens is 258 g/mol. The van der Waals surface area contributed by atoms with E-state index in [1.807, 2.05) is 38.2 Å². The van der Waals surface area contributed by atoms with Crippen molar-refractivity contribution in [2.75, 3.05) is 13.6 Å². The van der Waals surface area contributed by atoms with Gasteiger partial charge in [-0.25, -0.2) is 0 Å². The van der Waals surface area contributed by atoms with Gasteiger partial charge in [0.25, 0.3) is 0 Å². The number of benzene rings is 2. The third-order valence-corrected chi connectivity index (χ3v) is 3.35. The SMILES string of the molecule is C/C=C/c1ccccc1OCc1ccc(CCNC)cc1. The number of nitrogens with one attached hydrogen (secondary N) is 1. The van der Waals surface area contributed by atoms with Gasteiger partial charge in [-0.05, 0) is 44.1 Å². The van der Waals surface area contributed by atoms with Crippen molar-refractivity contribution in [3.63, 3.8) is 0 Å². The molecule has 0 atom stereocenters. The topological polar surface area (TPSA) is 21.3 Å². The maximum atomic E-state index is 5.93. The largest absolute Gasteiger partial charge is 0.488 e. The van der Waals surface area contributed by atoms with Gasteiger partial charge in [-0.2, -0.15) is 0 Å². The van der Waals surface area contributed by atoms with Crippen molar-refractivity contribution in [2.45, 2.75) is 20.0 Å². The summed E-state index contributed by atoms with van der Waals surface area (Å²) in [6.45, 7) is 3.62. The van der Waals surface area contributed by atoms with Crippen LogP contribution >= 0.6 is 0 Å². The van der Waals surface area contributed by atoms with Gasteiger partial charge in [-0.1, -0.05) is 54.6 Å². The molecule has 0 aromatic heterocycles. The van der Waals surface area contributed by atoms with Crippen LogP contribution in [0.1, 0.15) is 23.6 Å². The van der Waals surface area contributed by atoms with Crippen molar-refractivity contribution in [3.8, 4) is 5.75 Å². The molecule has 2 rings (SSSR count). The molecule has 0 bridgehead atoms. The number of rotatable bonds is 7. The molecule has 0 aliphatic rings. The van der Waals surface area contributed by atoms with Crippen molar-refractivity contribution < 1.29 is 4.74 Å². The number of hydrogen-bond acceptors (Lipinski definition) is 2. The predicted octanol–water partition coefficient (Wildman–Crippen LogP) is 4.06. The van der Waals surface area contributed by atoms with E-state index in [0.717, 1.165) is 24.3 Å². The summed E-state index contributed by atoms with van der Waals surface area (Å²) >= 11 is 0. The molecule has 0 radical (unpaired) electrons. The van der Waals surface area contributed by atoms with Crippen LogP contribution in [0.4, 0.5) is 0 Å². The third kappa shape index (κ3) is 4.76. The fourth-order valence-corrected chi connectivity index (χ4v) is 2.16. The first-order chi connectivity index (χ1) is 10.3. The van der Waals surface area contributed by atoms with E-state index in [0.29, 0.717) is 6.61 Å². The Bertz CT molecular complexity index is 572. The molecule has 2 aromatic carbocycles. The van der Waals surface area contributed by atoms with Crippen LogP contribution in [0.25, 0.3) is 6.08 Å². The lowest BCUT2D eigenvalue weighted by molar-refractivity contribution is 0.305. The molecule has 2 nitrogen and oxygen atoms in total. The van der Waals surface area contributed by atoms with Gasteiger partial charge in [0.05, 0.1) is 0 Å². The molecule has 0 amide bonds. The highest BCUT2D eigenvalue weighted by atomic mass is 16.5. The quantitative estimate of drug-likeness (QED) is 0.826. The zero-order valence-electron chi connectivity index (χ0n) is 12.8. The van der Waals surface area contributed by atoms with Crippen molar-refractivity contribution >= 4 is 6.08 Å². The fraction of sp³-hybridized carbons (Fsp3) is 0.263. The van der Waals surface area contributed by atoms with Crippen molar-refractivity contribution in [2.24, 2.45) is 0 Å². The van der Waals surface area contributed by atoms with Crippen LogP contribution in [0.5, 0.6) is 5.75 Å². The Kier molecular flexibility index (Phi) is 6.04. The second-order valence-electron chi connectivity index (χ2n) is 5.00. The first-order valence-corrected chi connectivity index (χ1v) is 7.40. The molecule has 2 heteroatoms. The number of allylic oxidation sites excluding steroid dienone is 1. The second-order valence-corrected chi connectivity index (χ2v) is 5.00. The van der Waals surface area contributed by atoms with E-state index in [9.17, 15) is 0 Å². The maximum absolute atomic E-state index is 5.93. The summed E-state index contributed by atoms with van der Waals surface area (Å²) in [6.07, 6.45) is 5.15. The Labute approximate surface area is 127 Å². The fourth-order valence-electron chi connectivity index (χ4n) is 2.16. The summed E-state index contributed by atoms with van der Waals surface area (Å²) in [6, 6.07) is 16.7. The highest BCUT2D eigenvalue weighted by Crippen LogP contribution is 2.20. The third-order valence-electron chi connectivity index (χ3n) is 3.35. The van der Waals surface area contributed by atoms with Gasteiger partial charge >= 0.3 is 0 Å². The maximum Gasteiger partial charge on any atom is 0.127 e. The van der Waals surface area contributed by atoms with E-state index in [1.165, 1.54) is 11.1 Å². The minimum absolute atomic E-state index is 0.598. The highest BCUT2D eigenvalue weighted by Gasteiger charge is 2.01. The van der Waals surface area contributed by atoms with Crippen molar-refractivity contribution in [3.05, 3.63) is 71.3 Å². The Hall–Kier alpha value is -2.06. The standard InChI is InChI=1S/C19H23NO/c1-3-6-18-7-4-5-8-19(18)21-15-17-11-9-16(10-12-17)13-14-20-2/h3-12,20H,13-15H2,1-2H3/b6-3+. The lowest BCUT2D eigenvalue weighted by Crippen LogP contribution is -2.10. The molecule has 0 unspecified atom stereocenters. The van der Waals surface area contributed by atoms with E-state index in [-0.39, 0.29) is 0 Å². The Balaban J connectivity index is 1.97. The summed E-state index contributed by atoms with van der Waals surface area (Å²) in [5.41, 5.74) is 3.66. The van der Waals surface area contributed by atoms with Crippen molar-refractivity contribution in [1.29, 1.82) is 0 Å². The summed E-state index contributed by atoms with van der Waals surface area (Å²) in [7, 11) is 1.98. The van der Waals surface area contributed by atoms with Crippen LogP contribution in [-0.2, 0) is 13.0 Å². The molecule has 0 spiro atoms. The first kappa shape index (κ1) is 15.3. The monoisotopic (exact) mass is 281 g/mol. The van der Waals surface area contributed by atoms with Gasteiger partial charge in [0, 0.05) is 5.56 Å². The molecule has 0 saturated carbocycles. The van der Waals surface area contributed by atoms with Crippen LogP contribution in [0.3, 0.4) is 0 Å². The van der Waals surface area contributed by atoms with E-state index < -0.39 is 0 Å². The van der Waals surface area contributed by atoms with Gasteiger partial charge in [-0.3, -0.25) is 0 Å². The zero-order chi connectivity index (χ0) is 14.9. The highest BCUT2D eigenvalue weighted by molar-refractivity contribution is 5.56. The Morgan fingerprint density at radius 1 is 1.00 bits per heavy atom. The average molecular weight is 281 g/mol. The Morgan fingerprint density at radius 3 is 2.43 bits per heavy atom. The average Bonchev–Trinajstić information content (AvgIpc) is 2.53. The molecule has 1 N–H and O–H groups in total. The van der Waals surface area contributed by atoms with Gasteiger partial charge in [-0.15, -0.1) is 0 Å². The normalized spacial score (nSPS) is 11.0. The van der Waals surface area contributed by atoms with Gasteiger partial charge in [0.2, 0.25) is 0 Å². The van der Waals surface area contributed by atoms with E-state index >= 15 is 0 Å². The first-order valence-electron chi connectivity index (χ1n) is 7.40. The molecule has 0 aliphatic carbocycles. The molecule has 110 valence electrons. The van der Waals surface area contributed by atoms with Crippen LogP contribution in [0, 0.1) is 0 Å². The minimum atomic E-state index is 0.598. The summed E-state index contributed by atoms with van der Waals surface area (Å²) in [4.78, 5) is 0. The van der Waals surface area contributed by atoms with E-state index in [4.69, 9.17) is 4.74 Å². The lowest BCUT2D eigenvalue weighted by Gasteiger charge is -2.10. The lowest BCUT2D eigenvalue weighted by atomic mass is 10.1. The van der Waals surface area contributed by atoms with Gasteiger partial charge < -0.3 is 10.1 Å². The smallest absolute Gasteiger partial charge is 0.127 e. The van der Waals surface area contributed by atoms with Gasteiger partial charge in [0.15, 0.2) is 0 Å².